The average Bonchev–Trinajstić information content (AvgIpc) is 3.63. The second kappa shape index (κ2) is 10.8. The molecule has 0 radical (unpaired) electrons. The van der Waals surface area contributed by atoms with E-state index in [1.54, 1.807) is 12.4 Å². The number of alkyl halides is 3. The molecule has 1 saturated heterocycles. The lowest BCUT2D eigenvalue weighted by Gasteiger charge is -2.33. The van der Waals surface area contributed by atoms with Crippen LogP contribution in [-0.2, 0) is 19.5 Å². The highest BCUT2D eigenvalue weighted by Gasteiger charge is 2.29. The number of hydrogen-bond acceptors (Lipinski definition) is 7. The predicted octanol–water partition coefficient (Wildman–Crippen LogP) is 6.09. The number of hydrogen-bond donors (Lipinski definition) is 2. The zero-order valence-corrected chi connectivity index (χ0v) is 23.5. The zero-order valence-electron chi connectivity index (χ0n) is 22.7. The fourth-order valence-electron chi connectivity index (χ4n) is 5.63. The van der Waals surface area contributed by atoms with Crippen molar-refractivity contribution in [2.24, 2.45) is 0 Å². The highest BCUT2D eigenvalue weighted by molar-refractivity contribution is 7.18. The van der Waals surface area contributed by atoms with Crippen molar-refractivity contribution in [1.29, 1.82) is 5.26 Å². The van der Waals surface area contributed by atoms with Gasteiger partial charge in [0.05, 0.1) is 30.4 Å². The number of nitrogens with zero attached hydrogens (tertiary/aromatic N) is 6. The molecule has 41 heavy (non-hydrogen) atoms. The minimum absolute atomic E-state index is 0.177. The number of nitrogens with one attached hydrogen (secondary N) is 2. The van der Waals surface area contributed by atoms with E-state index in [0.29, 0.717) is 28.3 Å². The Morgan fingerprint density at radius 1 is 1.10 bits per heavy atom. The van der Waals surface area contributed by atoms with Crippen molar-refractivity contribution in [2.45, 2.75) is 58.4 Å². The van der Waals surface area contributed by atoms with Crippen molar-refractivity contribution in [3.05, 3.63) is 70.0 Å². The first-order valence-corrected chi connectivity index (χ1v) is 14.3. The number of H-pyrrole nitrogens is 1. The van der Waals surface area contributed by atoms with Crippen molar-refractivity contribution in [3.8, 4) is 6.07 Å². The molecule has 2 N–H and O–H groups in total. The number of fused-ring (bicyclic) bond motifs is 2. The average molecular weight is 579 g/mol. The van der Waals surface area contributed by atoms with E-state index < -0.39 is 12.6 Å². The number of aromatic amines is 1. The van der Waals surface area contributed by atoms with Gasteiger partial charge >= 0.3 is 6.18 Å². The summed E-state index contributed by atoms with van der Waals surface area (Å²) in [5.74, 6) is 0.599. The molecular weight excluding hydrogens is 549 g/mol. The van der Waals surface area contributed by atoms with Crippen LogP contribution in [0.1, 0.15) is 45.9 Å². The molecule has 1 aliphatic heterocycles. The van der Waals surface area contributed by atoms with E-state index in [9.17, 15) is 18.4 Å². The van der Waals surface area contributed by atoms with E-state index in [-0.39, 0.29) is 10.9 Å². The van der Waals surface area contributed by atoms with E-state index in [2.05, 4.69) is 55.3 Å². The molecule has 1 aromatic carbocycles. The second-order valence-corrected chi connectivity index (χ2v) is 11.7. The Kier molecular flexibility index (Phi) is 7.17. The van der Waals surface area contributed by atoms with Crippen LogP contribution in [0.3, 0.4) is 0 Å². The summed E-state index contributed by atoms with van der Waals surface area (Å²) < 4.78 is 40.7. The highest BCUT2D eigenvalue weighted by Crippen LogP contribution is 2.33. The Bertz CT molecular complexity index is 1750. The van der Waals surface area contributed by atoms with Crippen LogP contribution in [0.25, 0.3) is 21.1 Å². The second-order valence-electron chi connectivity index (χ2n) is 10.6. The first kappa shape index (κ1) is 27.2. The summed E-state index contributed by atoms with van der Waals surface area (Å²) in [7, 11) is 0. The van der Waals surface area contributed by atoms with Crippen molar-refractivity contribution >= 4 is 38.3 Å². The molecule has 5 aromatic rings. The lowest BCUT2D eigenvalue weighted by molar-refractivity contribution is -0.126. The van der Waals surface area contributed by atoms with Crippen LogP contribution >= 0.6 is 11.3 Å². The van der Waals surface area contributed by atoms with Gasteiger partial charge in [-0.3, -0.25) is 4.90 Å². The Labute approximate surface area is 238 Å². The third kappa shape index (κ3) is 5.64. The van der Waals surface area contributed by atoms with Crippen LogP contribution in [0.15, 0.2) is 36.9 Å². The minimum atomic E-state index is -4.25. The smallest absolute Gasteiger partial charge is 0.367 e. The van der Waals surface area contributed by atoms with Crippen molar-refractivity contribution in [3.63, 3.8) is 0 Å². The Balaban J connectivity index is 1.12. The van der Waals surface area contributed by atoms with Crippen LogP contribution in [0, 0.1) is 25.2 Å². The van der Waals surface area contributed by atoms with Crippen LogP contribution in [0.5, 0.6) is 0 Å². The largest absolute Gasteiger partial charge is 0.393 e. The molecule has 0 saturated carbocycles. The van der Waals surface area contributed by atoms with Gasteiger partial charge < -0.3 is 14.9 Å². The Morgan fingerprint density at radius 2 is 1.90 bits per heavy atom. The van der Waals surface area contributed by atoms with Crippen LogP contribution in [0.2, 0.25) is 0 Å². The van der Waals surface area contributed by atoms with Gasteiger partial charge in [-0.15, -0.1) is 11.3 Å². The lowest BCUT2D eigenvalue weighted by Crippen LogP contribution is -2.39. The Morgan fingerprint density at radius 3 is 2.61 bits per heavy atom. The fraction of sp³-hybridized carbons (Fsp3) is 0.379. The van der Waals surface area contributed by atoms with Gasteiger partial charge in [0.1, 0.15) is 28.7 Å². The first-order chi connectivity index (χ1) is 19.7. The van der Waals surface area contributed by atoms with Gasteiger partial charge in [-0.1, -0.05) is 6.07 Å². The van der Waals surface area contributed by atoms with Crippen molar-refractivity contribution < 1.29 is 13.2 Å². The van der Waals surface area contributed by atoms with E-state index in [0.717, 1.165) is 66.1 Å². The van der Waals surface area contributed by atoms with Crippen LogP contribution in [0.4, 0.5) is 19.0 Å². The zero-order chi connectivity index (χ0) is 28.7. The summed E-state index contributed by atoms with van der Waals surface area (Å²) in [5, 5.41) is 15.0. The number of imidazole rings is 1. The maximum atomic E-state index is 12.9. The maximum Gasteiger partial charge on any atom is 0.393 e. The van der Waals surface area contributed by atoms with Crippen molar-refractivity contribution in [2.75, 3.05) is 18.4 Å². The van der Waals surface area contributed by atoms with Gasteiger partial charge in [0, 0.05) is 47.2 Å². The quantitative estimate of drug-likeness (QED) is 0.243. The van der Waals surface area contributed by atoms with Gasteiger partial charge in [-0.25, -0.2) is 15.0 Å². The van der Waals surface area contributed by atoms with Gasteiger partial charge in [0.15, 0.2) is 0 Å². The fourth-order valence-corrected chi connectivity index (χ4v) is 6.65. The normalized spacial score (nSPS) is 15.1. The molecule has 12 heteroatoms. The SMILES string of the molecule is Cc1[nH]cnc1Cn1c(C#N)cc2c(C)c(CN3CCC(Nc4ncnc5sc(CC(F)(F)F)cc45)CC3)ccc21. The summed E-state index contributed by atoms with van der Waals surface area (Å²) in [6, 6.07) is 10.3. The number of thiophene rings is 1. The molecule has 4 aromatic heterocycles. The third-order valence-corrected chi connectivity index (χ3v) is 8.94. The Hall–Kier alpha value is -3.95. The molecule has 0 amide bonds. The summed E-state index contributed by atoms with van der Waals surface area (Å²) in [5.41, 5.74) is 5.95. The van der Waals surface area contributed by atoms with Gasteiger partial charge in [-0.05, 0) is 56.0 Å². The minimum Gasteiger partial charge on any atom is -0.367 e. The van der Waals surface area contributed by atoms with Gasteiger partial charge in [-0.2, -0.15) is 18.4 Å². The molecule has 1 aliphatic rings. The number of anilines is 1. The van der Waals surface area contributed by atoms with Crippen LogP contribution < -0.4 is 5.32 Å². The number of piperidine rings is 1. The molecule has 8 nitrogen and oxygen atoms in total. The highest BCUT2D eigenvalue weighted by atomic mass is 32.1. The number of nitriles is 1. The predicted molar refractivity (Wildman–Crippen MR) is 153 cm³/mol. The van der Waals surface area contributed by atoms with E-state index >= 15 is 0 Å². The molecule has 0 atom stereocenters. The number of benzene rings is 1. The third-order valence-electron chi connectivity index (χ3n) is 7.90. The molecule has 5 heterocycles. The standard InChI is InChI=1S/C29H29F3N8S/c1-17-19(3-4-26-23(17)9-21(12-33)40(26)14-25-18(2)34-15-35-25)13-39-7-5-20(6-8-39)38-27-24-10-22(11-29(30,31)32)41-28(24)37-16-36-27/h3-4,9-10,15-16,20H,5-8,11,13-14H2,1-2H3,(H,34,35)(H,36,37,38). The number of likely N-dealkylation sites (tertiary alicyclic amines) is 1. The van der Waals surface area contributed by atoms with Gasteiger partial charge in [0.25, 0.3) is 0 Å². The van der Waals surface area contributed by atoms with E-state index in [1.807, 2.05) is 17.6 Å². The molecule has 0 unspecified atom stereocenters. The molecule has 212 valence electrons. The monoisotopic (exact) mass is 578 g/mol. The van der Waals surface area contributed by atoms with Gasteiger partial charge in [0.2, 0.25) is 0 Å². The molecule has 0 aliphatic carbocycles. The van der Waals surface area contributed by atoms with Crippen molar-refractivity contribution in [1.82, 2.24) is 29.4 Å². The lowest BCUT2D eigenvalue weighted by atomic mass is 10.0. The molecule has 0 spiro atoms. The number of aromatic nitrogens is 5. The van der Waals surface area contributed by atoms with E-state index in [4.69, 9.17) is 0 Å². The first-order valence-electron chi connectivity index (χ1n) is 13.5. The molecular formula is C29H29F3N8S. The summed E-state index contributed by atoms with van der Waals surface area (Å²) in [4.78, 5) is 19.3. The molecule has 0 bridgehead atoms. The summed E-state index contributed by atoms with van der Waals surface area (Å²) in [6.45, 7) is 7.21. The maximum absolute atomic E-state index is 12.9. The summed E-state index contributed by atoms with van der Waals surface area (Å²) >= 11 is 1.07. The number of halogens is 3. The number of aryl methyl sites for hydroxylation is 2. The van der Waals surface area contributed by atoms with Crippen LogP contribution in [-0.4, -0.2) is 54.7 Å². The molecule has 1 fully saturated rings. The van der Waals surface area contributed by atoms with E-state index in [1.165, 1.54) is 17.5 Å². The summed E-state index contributed by atoms with van der Waals surface area (Å²) in [6.07, 6.45) is -0.334. The number of rotatable bonds is 7. The topological polar surface area (TPSA) is 98.5 Å². The molecule has 6 rings (SSSR count).